The molecule has 0 atom stereocenters. The van der Waals surface area contributed by atoms with Gasteiger partial charge in [-0.2, -0.15) is 0 Å². The standard InChI is InChI=1S/C20H21BrClN3O3/c1-20(2,3)28-19(27)25-8-7-12-9-16(23-10-13(12)11-25)18(26)24-15-6-4-5-14(21)17(15)22/h4-6,9-10H,7-8,11H2,1-3H3,(H,24,26). The van der Waals surface area contributed by atoms with Crippen molar-refractivity contribution < 1.29 is 14.3 Å². The van der Waals surface area contributed by atoms with Gasteiger partial charge in [-0.25, -0.2) is 4.79 Å². The van der Waals surface area contributed by atoms with Crippen LogP contribution in [0.1, 0.15) is 42.4 Å². The van der Waals surface area contributed by atoms with Gasteiger partial charge in [-0.15, -0.1) is 0 Å². The van der Waals surface area contributed by atoms with E-state index in [9.17, 15) is 9.59 Å². The highest BCUT2D eigenvalue weighted by atomic mass is 79.9. The van der Waals surface area contributed by atoms with Crippen molar-refractivity contribution in [3.8, 4) is 0 Å². The van der Waals surface area contributed by atoms with Gasteiger partial charge in [-0.05, 0) is 72.4 Å². The van der Waals surface area contributed by atoms with Crippen molar-refractivity contribution in [2.24, 2.45) is 0 Å². The summed E-state index contributed by atoms with van der Waals surface area (Å²) < 4.78 is 6.13. The van der Waals surface area contributed by atoms with Crippen molar-refractivity contribution in [3.05, 3.63) is 56.8 Å². The Morgan fingerprint density at radius 3 is 2.75 bits per heavy atom. The summed E-state index contributed by atoms with van der Waals surface area (Å²) >= 11 is 9.54. The van der Waals surface area contributed by atoms with Crippen LogP contribution in [0.4, 0.5) is 10.5 Å². The summed E-state index contributed by atoms with van der Waals surface area (Å²) in [5, 5.41) is 3.21. The van der Waals surface area contributed by atoms with Crippen LogP contribution in [-0.4, -0.2) is 34.0 Å². The first-order valence-corrected chi connectivity index (χ1v) is 10.0. The van der Waals surface area contributed by atoms with Crippen LogP contribution in [0.5, 0.6) is 0 Å². The molecule has 0 aliphatic carbocycles. The van der Waals surface area contributed by atoms with Crippen LogP contribution in [0, 0.1) is 0 Å². The molecule has 2 heterocycles. The van der Waals surface area contributed by atoms with E-state index in [4.69, 9.17) is 16.3 Å². The largest absolute Gasteiger partial charge is 0.444 e. The zero-order valence-electron chi connectivity index (χ0n) is 15.9. The van der Waals surface area contributed by atoms with Gasteiger partial charge >= 0.3 is 6.09 Å². The molecule has 3 rings (SSSR count). The monoisotopic (exact) mass is 465 g/mol. The first-order valence-electron chi connectivity index (χ1n) is 8.85. The third-order valence-corrected chi connectivity index (χ3v) is 5.48. The Balaban J connectivity index is 1.72. The molecule has 6 nitrogen and oxygen atoms in total. The van der Waals surface area contributed by atoms with Gasteiger partial charge < -0.3 is 15.0 Å². The number of fused-ring (bicyclic) bond motifs is 1. The van der Waals surface area contributed by atoms with Crippen molar-refractivity contribution in [2.75, 3.05) is 11.9 Å². The van der Waals surface area contributed by atoms with Gasteiger partial charge in [0.15, 0.2) is 0 Å². The molecule has 0 fully saturated rings. The molecule has 148 valence electrons. The number of hydrogen-bond acceptors (Lipinski definition) is 4. The van der Waals surface area contributed by atoms with Gasteiger partial charge in [-0.1, -0.05) is 17.7 Å². The average Bonchev–Trinajstić information content (AvgIpc) is 2.63. The molecule has 1 N–H and O–H groups in total. The Morgan fingerprint density at radius 2 is 2.04 bits per heavy atom. The normalized spacial score (nSPS) is 13.7. The Labute approximate surface area is 177 Å². The third-order valence-electron chi connectivity index (χ3n) is 4.18. The number of rotatable bonds is 2. The van der Waals surface area contributed by atoms with Crippen molar-refractivity contribution in [1.82, 2.24) is 9.88 Å². The first-order chi connectivity index (χ1) is 13.1. The fourth-order valence-electron chi connectivity index (χ4n) is 2.83. The summed E-state index contributed by atoms with van der Waals surface area (Å²) in [6, 6.07) is 7.08. The van der Waals surface area contributed by atoms with E-state index in [1.54, 1.807) is 35.4 Å². The molecule has 1 aromatic carbocycles. The fraction of sp³-hybridized carbons (Fsp3) is 0.350. The van der Waals surface area contributed by atoms with Gasteiger partial charge in [0.05, 0.1) is 17.3 Å². The predicted molar refractivity (Wildman–Crippen MR) is 112 cm³/mol. The van der Waals surface area contributed by atoms with Crippen molar-refractivity contribution in [2.45, 2.75) is 39.3 Å². The van der Waals surface area contributed by atoms with Gasteiger partial charge in [-0.3, -0.25) is 9.78 Å². The molecule has 0 unspecified atom stereocenters. The highest BCUT2D eigenvalue weighted by Crippen LogP contribution is 2.30. The second-order valence-corrected chi connectivity index (χ2v) is 8.78. The molecular weight excluding hydrogens is 446 g/mol. The summed E-state index contributed by atoms with van der Waals surface area (Å²) in [5.41, 5.74) is 2.19. The topological polar surface area (TPSA) is 71.5 Å². The maximum atomic E-state index is 12.6. The van der Waals surface area contributed by atoms with Gasteiger partial charge in [0.2, 0.25) is 0 Å². The minimum Gasteiger partial charge on any atom is -0.444 e. The maximum Gasteiger partial charge on any atom is 0.410 e. The zero-order valence-corrected chi connectivity index (χ0v) is 18.2. The highest BCUT2D eigenvalue weighted by Gasteiger charge is 2.26. The molecule has 2 amide bonds. The smallest absolute Gasteiger partial charge is 0.410 e. The molecule has 1 aromatic heterocycles. The quantitative estimate of drug-likeness (QED) is 0.673. The Morgan fingerprint density at radius 1 is 1.29 bits per heavy atom. The molecule has 2 aromatic rings. The number of hydrogen-bond donors (Lipinski definition) is 1. The second kappa shape index (κ2) is 8.09. The van der Waals surface area contributed by atoms with E-state index in [0.717, 1.165) is 11.1 Å². The third kappa shape index (κ3) is 4.83. The number of amides is 2. The van der Waals surface area contributed by atoms with E-state index >= 15 is 0 Å². The van der Waals surface area contributed by atoms with Crippen molar-refractivity contribution in [1.29, 1.82) is 0 Å². The SMILES string of the molecule is CC(C)(C)OC(=O)N1CCc2cc(C(=O)Nc3cccc(Br)c3Cl)ncc2C1. The predicted octanol–water partition coefficient (Wildman–Crippen LogP) is 5.04. The summed E-state index contributed by atoms with van der Waals surface area (Å²) in [6.07, 6.45) is 1.93. The van der Waals surface area contributed by atoms with Gasteiger partial charge in [0, 0.05) is 17.2 Å². The lowest BCUT2D eigenvalue weighted by atomic mass is 10.0. The number of ether oxygens (including phenoxy) is 1. The van der Waals surface area contributed by atoms with Crippen molar-refractivity contribution in [3.63, 3.8) is 0 Å². The second-order valence-electron chi connectivity index (χ2n) is 7.55. The lowest BCUT2D eigenvalue weighted by molar-refractivity contribution is 0.0223. The number of carbonyl (C=O) groups is 2. The summed E-state index contributed by atoms with van der Waals surface area (Å²) in [6.45, 7) is 6.47. The summed E-state index contributed by atoms with van der Waals surface area (Å²) in [7, 11) is 0. The molecule has 8 heteroatoms. The van der Waals surface area contributed by atoms with E-state index < -0.39 is 5.60 Å². The van der Waals surface area contributed by atoms with E-state index in [1.165, 1.54) is 0 Å². The molecule has 1 aliphatic rings. The maximum absolute atomic E-state index is 12.6. The number of nitrogens with one attached hydrogen (secondary N) is 1. The molecule has 28 heavy (non-hydrogen) atoms. The van der Waals surface area contributed by atoms with Crippen LogP contribution >= 0.6 is 27.5 Å². The van der Waals surface area contributed by atoms with Gasteiger partial charge in [0.25, 0.3) is 5.91 Å². The molecule has 0 saturated carbocycles. The van der Waals surface area contributed by atoms with Crippen LogP contribution in [-0.2, 0) is 17.7 Å². The number of anilines is 1. The lowest BCUT2D eigenvalue weighted by Gasteiger charge is -2.31. The minimum absolute atomic E-state index is 0.306. The Bertz CT molecular complexity index is 927. The molecule has 0 bridgehead atoms. The van der Waals surface area contributed by atoms with Crippen molar-refractivity contribution >= 4 is 45.2 Å². The molecular formula is C20H21BrClN3O3. The number of nitrogens with zero attached hydrogens (tertiary/aromatic N) is 2. The number of benzene rings is 1. The van der Waals surface area contributed by atoms with Gasteiger partial charge in [0.1, 0.15) is 11.3 Å². The summed E-state index contributed by atoms with van der Waals surface area (Å²) in [4.78, 5) is 30.7. The Kier molecular flexibility index (Phi) is 5.95. The van der Waals surface area contributed by atoms with Crippen LogP contribution in [0.2, 0.25) is 5.02 Å². The van der Waals surface area contributed by atoms with Crippen LogP contribution < -0.4 is 5.32 Å². The minimum atomic E-state index is -0.536. The molecule has 1 aliphatic heterocycles. The molecule has 0 spiro atoms. The number of aromatic nitrogens is 1. The van der Waals surface area contributed by atoms with E-state index in [0.29, 0.717) is 40.4 Å². The molecule has 0 saturated heterocycles. The highest BCUT2D eigenvalue weighted by molar-refractivity contribution is 9.10. The number of halogens is 2. The molecule has 0 radical (unpaired) electrons. The van der Waals surface area contributed by atoms with E-state index in [2.05, 4.69) is 26.2 Å². The number of carbonyl (C=O) groups excluding carboxylic acids is 2. The van der Waals surface area contributed by atoms with E-state index in [-0.39, 0.29) is 12.0 Å². The van der Waals surface area contributed by atoms with Crippen LogP contribution in [0.3, 0.4) is 0 Å². The lowest BCUT2D eigenvalue weighted by Crippen LogP contribution is -2.40. The number of pyridine rings is 1. The first kappa shape index (κ1) is 20.6. The summed E-state index contributed by atoms with van der Waals surface area (Å²) in [5.74, 6) is -0.336. The van der Waals surface area contributed by atoms with Crippen LogP contribution in [0.25, 0.3) is 0 Å². The van der Waals surface area contributed by atoms with E-state index in [1.807, 2.05) is 20.8 Å². The Hall–Kier alpha value is -2.12. The zero-order chi connectivity index (χ0) is 20.5. The van der Waals surface area contributed by atoms with Crippen LogP contribution in [0.15, 0.2) is 34.9 Å². The fourth-order valence-corrected chi connectivity index (χ4v) is 3.37. The average molecular weight is 467 g/mol.